The molecule has 1 N–H and O–H groups in total. The molecule has 0 radical (unpaired) electrons. The summed E-state index contributed by atoms with van der Waals surface area (Å²) in [5.74, 6) is 0.627. The Morgan fingerprint density at radius 1 is 1.12 bits per heavy atom. The van der Waals surface area contributed by atoms with Gasteiger partial charge in [-0.15, -0.1) is 0 Å². The van der Waals surface area contributed by atoms with Gasteiger partial charge in [0.15, 0.2) is 0 Å². The van der Waals surface area contributed by atoms with Crippen molar-refractivity contribution in [2.75, 3.05) is 39.8 Å². The number of hydrogen-bond acceptors (Lipinski definition) is 5. The Balaban J connectivity index is 1.89. The lowest BCUT2D eigenvalue weighted by Gasteiger charge is -2.33. The number of carbonyl (C=O) groups is 1. The van der Waals surface area contributed by atoms with Crippen LogP contribution in [-0.4, -0.2) is 69.4 Å². The number of nitrogens with one attached hydrogen (secondary N) is 1. The molecule has 0 bridgehead atoms. The highest BCUT2D eigenvalue weighted by molar-refractivity contribution is 7.89. The first-order valence-electron chi connectivity index (χ1n) is 9.06. The highest BCUT2D eigenvalue weighted by Crippen LogP contribution is 2.20. The number of sulfonamides is 1. The maximum absolute atomic E-state index is 12.7. The summed E-state index contributed by atoms with van der Waals surface area (Å²) in [5, 5.41) is 3.02. The zero-order valence-electron chi connectivity index (χ0n) is 15.8. The molecule has 1 aliphatic heterocycles. The van der Waals surface area contributed by atoms with E-state index in [1.807, 2.05) is 4.90 Å². The first kappa shape index (κ1) is 20.7. The van der Waals surface area contributed by atoms with Crippen LogP contribution in [0.4, 0.5) is 0 Å². The van der Waals surface area contributed by atoms with Crippen molar-refractivity contribution in [3.05, 3.63) is 24.3 Å². The number of amides is 1. The van der Waals surface area contributed by atoms with Crippen molar-refractivity contribution in [2.45, 2.75) is 37.6 Å². The largest absolute Gasteiger partial charge is 0.497 e. The van der Waals surface area contributed by atoms with E-state index in [4.69, 9.17) is 4.74 Å². The van der Waals surface area contributed by atoms with Crippen molar-refractivity contribution in [2.24, 2.45) is 0 Å². The molecule has 1 aromatic carbocycles. The Kier molecular flexibility index (Phi) is 7.43. The molecule has 0 aliphatic carbocycles. The molecule has 0 aromatic heterocycles. The summed E-state index contributed by atoms with van der Waals surface area (Å²) in [5.41, 5.74) is 0. The molecule has 1 heterocycles. The molecule has 0 spiro atoms. The SMILES string of the molecule is CCC(CC)NC(=O)CN1CCN(S(=O)(=O)c2ccc(OC)cc2)CC1. The van der Waals surface area contributed by atoms with Crippen LogP contribution in [0, 0.1) is 0 Å². The van der Waals surface area contributed by atoms with E-state index >= 15 is 0 Å². The Labute approximate surface area is 156 Å². The summed E-state index contributed by atoms with van der Waals surface area (Å²) < 4.78 is 32.0. The molecule has 26 heavy (non-hydrogen) atoms. The molecular weight excluding hydrogens is 354 g/mol. The average molecular weight is 384 g/mol. The Bertz CT molecular complexity index is 679. The van der Waals surface area contributed by atoms with Gasteiger partial charge in [0.1, 0.15) is 5.75 Å². The Morgan fingerprint density at radius 3 is 2.19 bits per heavy atom. The molecule has 7 nitrogen and oxygen atoms in total. The van der Waals surface area contributed by atoms with Gasteiger partial charge in [0, 0.05) is 32.2 Å². The fraction of sp³-hybridized carbons (Fsp3) is 0.611. The molecule has 0 saturated carbocycles. The molecule has 1 aromatic rings. The molecule has 146 valence electrons. The quantitative estimate of drug-likeness (QED) is 0.732. The van der Waals surface area contributed by atoms with Crippen LogP contribution in [0.2, 0.25) is 0 Å². The van der Waals surface area contributed by atoms with Crippen LogP contribution in [0.1, 0.15) is 26.7 Å². The van der Waals surface area contributed by atoms with E-state index in [9.17, 15) is 13.2 Å². The molecule has 0 unspecified atom stereocenters. The van der Waals surface area contributed by atoms with Gasteiger partial charge < -0.3 is 10.1 Å². The summed E-state index contributed by atoms with van der Waals surface area (Å²) in [4.78, 5) is 14.4. The van der Waals surface area contributed by atoms with Crippen molar-refractivity contribution in [3.8, 4) is 5.75 Å². The number of hydrogen-bond donors (Lipinski definition) is 1. The van der Waals surface area contributed by atoms with E-state index in [1.54, 1.807) is 31.4 Å². The number of carbonyl (C=O) groups excluding carboxylic acids is 1. The van der Waals surface area contributed by atoms with Crippen LogP contribution in [0.15, 0.2) is 29.2 Å². The van der Waals surface area contributed by atoms with Gasteiger partial charge in [0.25, 0.3) is 0 Å². The predicted octanol–water partition coefficient (Wildman–Crippen LogP) is 1.31. The van der Waals surface area contributed by atoms with Gasteiger partial charge >= 0.3 is 0 Å². The van der Waals surface area contributed by atoms with Gasteiger partial charge in [-0.05, 0) is 37.1 Å². The van der Waals surface area contributed by atoms with Gasteiger partial charge in [-0.25, -0.2) is 8.42 Å². The second kappa shape index (κ2) is 9.34. The minimum absolute atomic E-state index is 0.00478. The number of benzene rings is 1. The maximum atomic E-state index is 12.7. The van der Waals surface area contributed by atoms with Crippen molar-refractivity contribution < 1.29 is 17.9 Å². The summed E-state index contributed by atoms with van der Waals surface area (Å²) in [6.07, 6.45) is 1.83. The summed E-state index contributed by atoms with van der Waals surface area (Å²) in [6, 6.07) is 6.61. The van der Waals surface area contributed by atoms with Crippen LogP contribution in [0.25, 0.3) is 0 Å². The lowest BCUT2D eigenvalue weighted by atomic mass is 10.2. The zero-order chi connectivity index (χ0) is 19.2. The van der Waals surface area contributed by atoms with Crippen LogP contribution >= 0.6 is 0 Å². The second-order valence-corrected chi connectivity index (χ2v) is 8.37. The molecule has 2 rings (SSSR count). The third-order valence-electron chi connectivity index (χ3n) is 4.75. The van der Waals surface area contributed by atoms with Gasteiger partial charge in [0.05, 0.1) is 18.6 Å². The second-order valence-electron chi connectivity index (χ2n) is 6.44. The van der Waals surface area contributed by atoms with E-state index in [2.05, 4.69) is 19.2 Å². The minimum Gasteiger partial charge on any atom is -0.497 e. The summed E-state index contributed by atoms with van der Waals surface area (Å²) >= 11 is 0. The van der Waals surface area contributed by atoms with Gasteiger partial charge in [-0.1, -0.05) is 13.8 Å². The monoisotopic (exact) mass is 383 g/mol. The summed E-state index contributed by atoms with van der Waals surface area (Å²) in [7, 11) is -1.97. The van der Waals surface area contributed by atoms with Gasteiger partial charge in [-0.3, -0.25) is 9.69 Å². The molecular formula is C18H29N3O4S. The summed E-state index contributed by atoms with van der Waals surface area (Å²) in [6.45, 7) is 6.28. The molecule has 1 saturated heterocycles. The average Bonchev–Trinajstić information content (AvgIpc) is 2.66. The van der Waals surface area contributed by atoms with E-state index in [0.717, 1.165) is 12.8 Å². The van der Waals surface area contributed by atoms with Crippen molar-refractivity contribution in [3.63, 3.8) is 0 Å². The van der Waals surface area contributed by atoms with Crippen LogP contribution in [0.3, 0.4) is 0 Å². The normalized spacial score (nSPS) is 16.6. The number of ether oxygens (including phenoxy) is 1. The number of rotatable bonds is 8. The molecule has 1 amide bonds. The fourth-order valence-corrected chi connectivity index (χ4v) is 4.42. The molecule has 1 fully saturated rings. The third kappa shape index (κ3) is 5.18. The van der Waals surface area contributed by atoms with Crippen LogP contribution in [0.5, 0.6) is 5.75 Å². The van der Waals surface area contributed by atoms with Crippen molar-refractivity contribution in [1.82, 2.24) is 14.5 Å². The van der Waals surface area contributed by atoms with Gasteiger partial charge in [-0.2, -0.15) is 4.31 Å². The Morgan fingerprint density at radius 2 is 1.69 bits per heavy atom. The molecule has 1 aliphatic rings. The lowest BCUT2D eigenvalue weighted by Crippen LogP contribution is -2.51. The zero-order valence-corrected chi connectivity index (χ0v) is 16.6. The van der Waals surface area contributed by atoms with E-state index < -0.39 is 10.0 Å². The van der Waals surface area contributed by atoms with Crippen molar-refractivity contribution >= 4 is 15.9 Å². The van der Waals surface area contributed by atoms with E-state index in [0.29, 0.717) is 38.5 Å². The fourth-order valence-electron chi connectivity index (χ4n) is 2.99. The third-order valence-corrected chi connectivity index (χ3v) is 6.66. The maximum Gasteiger partial charge on any atom is 0.243 e. The van der Waals surface area contributed by atoms with Gasteiger partial charge in [0.2, 0.25) is 15.9 Å². The number of nitrogens with zero attached hydrogens (tertiary/aromatic N) is 2. The highest BCUT2D eigenvalue weighted by atomic mass is 32.2. The number of methoxy groups -OCH3 is 1. The van der Waals surface area contributed by atoms with Crippen molar-refractivity contribution in [1.29, 1.82) is 0 Å². The van der Waals surface area contributed by atoms with E-state index in [1.165, 1.54) is 4.31 Å². The Hall–Kier alpha value is -1.64. The smallest absolute Gasteiger partial charge is 0.243 e. The number of piperazine rings is 1. The minimum atomic E-state index is -3.52. The molecule has 8 heteroatoms. The van der Waals surface area contributed by atoms with E-state index in [-0.39, 0.29) is 16.8 Å². The predicted molar refractivity (Wildman–Crippen MR) is 101 cm³/mol. The van der Waals surface area contributed by atoms with Crippen LogP contribution < -0.4 is 10.1 Å². The topological polar surface area (TPSA) is 79.0 Å². The molecule has 0 atom stereocenters. The lowest BCUT2D eigenvalue weighted by molar-refractivity contribution is -0.123. The first-order chi connectivity index (χ1) is 12.4. The first-order valence-corrected chi connectivity index (χ1v) is 10.5. The van der Waals surface area contributed by atoms with Crippen LogP contribution in [-0.2, 0) is 14.8 Å². The highest BCUT2D eigenvalue weighted by Gasteiger charge is 2.29. The standard InChI is InChI=1S/C18H29N3O4S/c1-4-15(5-2)19-18(22)14-20-10-12-21(13-11-20)26(23,24)17-8-6-16(25-3)7-9-17/h6-9,15H,4-5,10-14H2,1-3H3,(H,19,22).